The molecule has 0 unspecified atom stereocenters. The summed E-state index contributed by atoms with van der Waals surface area (Å²) >= 11 is 0. The molecule has 0 spiro atoms. The van der Waals surface area contributed by atoms with Crippen LogP contribution in [0.4, 0.5) is 5.69 Å². The molecular formula is C12H18N2O2. The Bertz CT molecular complexity index is 377. The summed E-state index contributed by atoms with van der Waals surface area (Å²) in [6.07, 6.45) is 1.55. The van der Waals surface area contributed by atoms with Gasteiger partial charge in [-0.15, -0.1) is 0 Å². The Labute approximate surface area is 95.3 Å². The van der Waals surface area contributed by atoms with E-state index in [9.17, 15) is 4.79 Å². The Morgan fingerprint density at radius 1 is 1.31 bits per heavy atom. The lowest BCUT2D eigenvalue weighted by molar-refractivity contribution is -0.138. The van der Waals surface area contributed by atoms with Gasteiger partial charge in [-0.1, -0.05) is 26.0 Å². The molecule has 0 saturated heterocycles. The van der Waals surface area contributed by atoms with Crippen LogP contribution in [0.2, 0.25) is 0 Å². The van der Waals surface area contributed by atoms with Crippen molar-refractivity contribution in [1.82, 2.24) is 0 Å². The molecule has 88 valence electrons. The third-order valence-corrected chi connectivity index (χ3v) is 2.76. The van der Waals surface area contributed by atoms with E-state index < -0.39 is 12.0 Å². The zero-order valence-electron chi connectivity index (χ0n) is 9.66. The van der Waals surface area contributed by atoms with Crippen molar-refractivity contribution < 1.29 is 9.90 Å². The van der Waals surface area contributed by atoms with E-state index in [1.807, 2.05) is 13.8 Å². The lowest BCUT2D eigenvalue weighted by Gasteiger charge is -2.14. The van der Waals surface area contributed by atoms with Gasteiger partial charge in [0.1, 0.15) is 6.04 Å². The first-order valence-electron chi connectivity index (χ1n) is 5.40. The standard InChI is InChI=1S/C12H18N2O2/c1-3-7-5-9(11(14)12(15)16)6-8(4-2)10(7)13/h5-6,11H,3-4,13-14H2,1-2H3,(H,15,16)/t11-/m0/s1. The van der Waals surface area contributed by atoms with Gasteiger partial charge in [0.2, 0.25) is 0 Å². The second-order valence-corrected chi connectivity index (χ2v) is 3.78. The Morgan fingerprint density at radius 2 is 1.75 bits per heavy atom. The molecular weight excluding hydrogens is 204 g/mol. The fourth-order valence-electron chi connectivity index (χ4n) is 1.71. The molecule has 5 N–H and O–H groups in total. The Balaban J connectivity index is 3.26. The highest BCUT2D eigenvalue weighted by Gasteiger charge is 2.16. The minimum atomic E-state index is -1.02. The average molecular weight is 222 g/mol. The van der Waals surface area contributed by atoms with Gasteiger partial charge in [-0.25, -0.2) is 0 Å². The molecule has 0 fully saturated rings. The minimum absolute atomic E-state index is 0.621. The number of benzene rings is 1. The summed E-state index contributed by atoms with van der Waals surface area (Å²) < 4.78 is 0. The normalized spacial score (nSPS) is 12.4. The van der Waals surface area contributed by atoms with Gasteiger partial charge >= 0.3 is 5.97 Å². The van der Waals surface area contributed by atoms with E-state index in [4.69, 9.17) is 16.6 Å². The summed E-state index contributed by atoms with van der Waals surface area (Å²) in [4.78, 5) is 10.8. The van der Waals surface area contributed by atoms with Crippen LogP contribution >= 0.6 is 0 Å². The van der Waals surface area contributed by atoms with Crippen molar-refractivity contribution >= 4 is 11.7 Å². The molecule has 0 saturated carbocycles. The molecule has 0 amide bonds. The number of hydrogen-bond donors (Lipinski definition) is 3. The largest absolute Gasteiger partial charge is 0.480 e. The van der Waals surface area contributed by atoms with Gasteiger partial charge in [0.15, 0.2) is 0 Å². The number of hydrogen-bond acceptors (Lipinski definition) is 3. The summed E-state index contributed by atoms with van der Waals surface area (Å²) in [6.45, 7) is 3.97. The van der Waals surface area contributed by atoms with Crippen molar-refractivity contribution in [2.75, 3.05) is 5.73 Å². The highest BCUT2D eigenvalue weighted by atomic mass is 16.4. The fraction of sp³-hybridized carbons (Fsp3) is 0.417. The number of aryl methyl sites for hydroxylation is 2. The molecule has 1 atom stereocenters. The van der Waals surface area contributed by atoms with Gasteiger partial charge in [-0.3, -0.25) is 4.79 Å². The Hall–Kier alpha value is -1.55. The van der Waals surface area contributed by atoms with Crippen LogP contribution in [0.15, 0.2) is 12.1 Å². The van der Waals surface area contributed by atoms with Crippen LogP contribution in [0.5, 0.6) is 0 Å². The average Bonchev–Trinajstić information content (AvgIpc) is 2.28. The van der Waals surface area contributed by atoms with Gasteiger partial charge in [-0.2, -0.15) is 0 Å². The second-order valence-electron chi connectivity index (χ2n) is 3.78. The topological polar surface area (TPSA) is 89.3 Å². The molecule has 1 aromatic carbocycles. The van der Waals surface area contributed by atoms with E-state index in [1.54, 1.807) is 12.1 Å². The van der Waals surface area contributed by atoms with Crippen LogP contribution in [0.1, 0.15) is 36.6 Å². The second kappa shape index (κ2) is 4.99. The SMILES string of the molecule is CCc1cc([C@H](N)C(=O)O)cc(CC)c1N. The minimum Gasteiger partial charge on any atom is -0.480 e. The lowest BCUT2D eigenvalue weighted by Crippen LogP contribution is -2.21. The predicted molar refractivity (Wildman–Crippen MR) is 64.2 cm³/mol. The van der Waals surface area contributed by atoms with Crippen LogP contribution in [0.25, 0.3) is 0 Å². The number of nitrogen functional groups attached to an aromatic ring is 1. The van der Waals surface area contributed by atoms with E-state index >= 15 is 0 Å². The molecule has 0 radical (unpaired) electrons. The molecule has 1 aromatic rings. The summed E-state index contributed by atoms with van der Waals surface area (Å²) in [5, 5.41) is 8.88. The first-order valence-corrected chi connectivity index (χ1v) is 5.40. The van der Waals surface area contributed by atoms with Crippen molar-refractivity contribution in [3.8, 4) is 0 Å². The Morgan fingerprint density at radius 3 is 2.06 bits per heavy atom. The van der Waals surface area contributed by atoms with Crippen molar-refractivity contribution in [2.45, 2.75) is 32.7 Å². The molecule has 0 aliphatic rings. The van der Waals surface area contributed by atoms with Gasteiger partial charge in [0.05, 0.1) is 0 Å². The number of carbonyl (C=O) groups is 1. The van der Waals surface area contributed by atoms with Crippen molar-refractivity contribution in [3.05, 3.63) is 28.8 Å². The van der Waals surface area contributed by atoms with Gasteiger partial charge in [0, 0.05) is 5.69 Å². The van der Waals surface area contributed by atoms with Crippen molar-refractivity contribution in [3.63, 3.8) is 0 Å². The predicted octanol–water partition coefficient (Wildman–Crippen LogP) is 1.48. The zero-order chi connectivity index (χ0) is 12.3. The molecule has 1 rings (SSSR count). The first-order chi connectivity index (χ1) is 7.51. The summed E-state index contributed by atoms with van der Waals surface area (Å²) in [7, 11) is 0. The maximum absolute atomic E-state index is 10.8. The quantitative estimate of drug-likeness (QED) is 0.673. The molecule has 0 aliphatic heterocycles. The van der Waals surface area contributed by atoms with Gasteiger partial charge in [0.25, 0.3) is 0 Å². The van der Waals surface area contributed by atoms with Crippen LogP contribution in [0.3, 0.4) is 0 Å². The monoisotopic (exact) mass is 222 g/mol. The van der Waals surface area contributed by atoms with E-state index in [1.165, 1.54) is 0 Å². The molecule has 4 heteroatoms. The van der Waals surface area contributed by atoms with E-state index in [2.05, 4.69) is 0 Å². The number of nitrogens with two attached hydrogens (primary N) is 2. The highest BCUT2D eigenvalue weighted by molar-refractivity contribution is 5.76. The number of aliphatic carboxylic acids is 1. The third-order valence-electron chi connectivity index (χ3n) is 2.76. The maximum atomic E-state index is 10.8. The Kier molecular flexibility index (Phi) is 3.90. The molecule has 16 heavy (non-hydrogen) atoms. The van der Waals surface area contributed by atoms with Crippen LogP contribution in [-0.2, 0) is 17.6 Å². The van der Waals surface area contributed by atoms with E-state index in [0.717, 1.165) is 29.7 Å². The first kappa shape index (κ1) is 12.5. The maximum Gasteiger partial charge on any atom is 0.325 e. The number of rotatable bonds is 4. The molecule has 4 nitrogen and oxygen atoms in total. The molecule has 0 bridgehead atoms. The fourth-order valence-corrected chi connectivity index (χ4v) is 1.71. The van der Waals surface area contributed by atoms with Gasteiger partial charge in [-0.05, 0) is 29.5 Å². The highest BCUT2D eigenvalue weighted by Crippen LogP contribution is 2.24. The zero-order valence-corrected chi connectivity index (χ0v) is 9.66. The molecule has 0 aromatic heterocycles. The third kappa shape index (κ3) is 2.33. The number of carboxylic acids is 1. The molecule has 0 aliphatic carbocycles. The van der Waals surface area contributed by atoms with E-state index in [0.29, 0.717) is 5.56 Å². The summed E-state index contributed by atoms with van der Waals surface area (Å²) in [5.74, 6) is -1.02. The van der Waals surface area contributed by atoms with Crippen LogP contribution < -0.4 is 11.5 Å². The number of anilines is 1. The summed E-state index contributed by atoms with van der Waals surface area (Å²) in [5.41, 5.74) is 14.9. The van der Waals surface area contributed by atoms with Crippen LogP contribution in [0, 0.1) is 0 Å². The van der Waals surface area contributed by atoms with Crippen molar-refractivity contribution in [2.24, 2.45) is 5.73 Å². The molecule has 0 heterocycles. The lowest BCUT2D eigenvalue weighted by atomic mass is 9.96. The number of carboxylic acid groups (broad SMARTS) is 1. The van der Waals surface area contributed by atoms with Gasteiger partial charge < -0.3 is 16.6 Å². The summed E-state index contributed by atoms with van der Waals surface area (Å²) in [6, 6.07) is 2.59. The van der Waals surface area contributed by atoms with Crippen LogP contribution in [-0.4, -0.2) is 11.1 Å². The smallest absolute Gasteiger partial charge is 0.325 e. The van der Waals surface area contributed by atoms with Crippen molar-refractivity contribution in [1.29, 1.82) is 0 Å². The van der Waals surface area contributed by atoms with E-state index in [-0.39, 0.29) is 0 Å².